The van der Waals surface area contributed by atoms with Crippen LogP contribution in [0.1, 0.15) is 239 Å². The van der Waals surface area contributed by atoms with Crippen LogP contribution in [0.25, 0.3) is 0 Å². The van der Waals surface area contributed by atoms with Gasteiger partial charge in [-0.2, -0.15) is 0 Å². The second-order valence-corrected chi connectivity index (χ2v) is 19.1. The predicted molar refractivity (Wildman–Crippen MR) is 325 cm³/mol. The van der Waals surface area contributed by atoms with Crippen molar-refractivity contribution in [3.8, 4) is 0 Å². The molecule has 1 unspecified atom stereocenters. The van der Waals surface area contributed by atoms with Crippen LogP contribution >= 0.6 is 0 Å². The summed E-state index contributed by atoms with van der Waals surface area (Å²) in [6.07, 6.45) is 89.8. The van der Waals surface area contributed by atoms with Crippen molar-refractivity contribution in [2.24, 2.45) is 0 Å². The molecule has 0 rings (SSSR count). The number of rotatable bonds is 52. The third kappa shape index (κ3) is 59.8. The summed E-state index contributed by atoms with van der Waals surface area (Å²) in [5.74, 6) is -1.05. The third-order valence-corrected chi connectivity index (χ3v) is 12.0. The Labute approximate surface area is 460 Å². The molecule has 0 N–H and O–H groups in total. The lowest BCUT2D eigenvalue weighted by Gasteiger charge is -2.18. The van der Waals surface area contributed by atoms with Crippen molar-refractivity contribution in [1.82, 2.24) is 0 Å². The largest absolute Gasteiger partial charge is 0.462 e. The first kappa shape index (κ1) is 70.0. The zero-order valence-corrected chi connectivity index (χ0v) is 48.0. The minimum atomic E-state index is -0.835. The van der Waals surface area contributed by atoms with Crippen LogP contribution in [-0.2, 0) is 28.6 Å². The van der Waals surface area contributed by atoms with Gasteiger partial charge in [0.2, 0.25) is 0 Å². The maximum atomic E-state index is 12.8. The molecule has 0 aliphatic rings. The summed E-state index contributed by atoms with van der Waals surface area (Å²) in [5.41, 5.74) is 0. The third-order valence-electron chi connectivity index (χ3n) is 12.0. The van der Waals surface area contributed by atoms with Crippen LogP contribution in [-0.4, -0.2) is 37.2 Å². The molecule has 0 saturated heterocycles. The molecule has 420 valence electrons. The van der Waals surface area contributed by atoms with E-state index in [-0.39, 0.29) is 31.6 Å². The Morgan fingerprint density at radius 3 is 0.867 bits per heavy atom. The zero-order valence-electron chi connectivity index (χ0n) is 48.0. The maximum absolute atomic E-state index is 12.8. The predicted octanol–water partition coefficient (Wildman–Crippen LogP) is 20.5. The molecule has 0 bridgehead atoms. The van der Waals surface area contributed by atoms with Gasteiger partial charge in [-0.05, 0) is 116 Å². The number of carbonyl (C=O) groups excluding carboxylic acids is 3. The van der Waals surface area contributed by atoms with Crippen LogP contribution in [0.2, 0.25) is 0 Å². The van der Waals surface area contributed by atoms with Crippen LogP contribution in [0, 0.1) is 0 Å². The van der Waals surface area contributed by atoms with Gasteiger partial charge in [0, 0.05) is 19.3 Å². The van der Waals surface area contributed by atoms with E-state index in [1.54, 1.807) is 0 Å². The molecule has 0 aromatic rings. The van der Waals surface area contributed by atoms with E-state index in [0.29, 0.717) is 19.3 Å². The zero-order chi connectivity index (χ0) is 54.3. The van der Waals surface area contributed by atoms with Crippen molar-refractivity contribution >= 4 is 17.9 Å². The lowest BCUT2D eigenvalue weighted by atomic mass is 10.0. The lowest BCUT2D eigenvalue weighted by Crippen LogP contribution is -2.30. The van der Waals surface area contributed by atoms with E-state index in [0.717, 1.165) is 128 Å². The van der Waals surface area contributed by atoms with Gasteiger partial charge >= 0.3 is 17.9 Å². The van der Waals surface area contributed by atoms with Crippen molar-refractivity contribution in [2.45, 2.75) is 245 Å². The highest BCUT2D eigenvalue weighted by Gasteiger charge is 2.19. The van der Waals surface area contributed by atoms with Crippen molar-refractivity contribution in [2.75, 3.05) is 13.2 Å². The molecule has 0 radical (unpaired) electrons. The minimum Gasteiger partial charge on any atom is -0.462 e. The lowest BCUT2D eigenvalue weighted by molar-refractivity contribution is -0.166. The van der Waals surface area contributed by atoms with E-state index >= 15 is 0 Å². The second kappa shape index (κ2) is 61.6. The Balaban J connectivity index is 4.41. The van der Waals surface area contributed by atoms with Crippen molar-refractivity contribution < 1.29 is 28.6 Å². The minimum absolute atomic E-state index is 0.121. The Morgan fingerprint density at radius 1 is 0.280 bits per heavy atom. The Bertz CT molecular complexity index is 1710. The molecular weight excluding hydrogens is 925 g/mol. The number of unbranched alkanes of at least 4 members (excludes halogenated alkanes) is 15. The van der Waals surface area contributed by atoms with Crippen LogP contribution in [0.3, 0.4) is 0 Å². The van der Waals surface area contributed by atoms with Gasteiger partial charge in [-0.1, -0.05) is 262 Å². The molecule has 0 fully saturated rings. The summed E-state index contributed by atoms with van der Waals surface area (Å²) < 4.78 is 16.7. The summed E-state index contributed by atoms with van der Waals surface area (Å²) in [4.78, 5) is 38.1. The second-order valence-electron chi connectivity index (χ2n) is 19.1. The fourth-order valence-corrected chi connectivity index (χ4v) is 7.62. The molecule has 6 nitrogen and oxygen atoms in total. The smallest absolute Gasteiger partial charge is 0.306 e. The molecule has 0 heterocycles. The van der Waals surface area contributed by atoms with E-state index in [4.69, 9.17) is 14.2 Å². The Kier molecular flexibility index (Phi) is 57.5. The first-order chi connectivity index (χ1) is 37.0. The van der Waals surface area contributed by atoms with Gasteiger partial charge in [-0.3, -0.25) is 14.4 Å². The van der Waals surface area contributed by atoms with Gasteiger partial charge in [0.05, 0.1) is 0 Å². The van der Waals surface area contributed by atoms with E-state index in [2.05, 4.69) is 167 Å². The molecule has 0 amide bonds. The molecule has 0 aromatic heterocycles. The number of ether oxygens (including phenoxy) is 3. The number of hydrogen-bond acceptors (Lipinski definition) is 6. The summed E-state index contributed by atoms with van der Waals surface area (Å²) >= 11 is 0. The number of allylic oxidation sites excluding steroid dienone is 26. The maximum Gasteiger partial charge on any atom is 0.306 e. The van der Waals surface area contributed by atoms with Gasteiger partial charge in [-0.15, -0.1) is 0 Å². The van der Waals surface area contributed by atoms with Gasteiger partial charge in [-0.25, -0.2) is 0 Å². The standard InChI is InChI=1S/C69H108O6/c1-4-7-10-13-16-19-22-25-26-27-28-29-30-31-32-33-34-35-36-37-38-39-40-41-42-45-47-50-53-56-59-62-68(71)74-65-66(75-69(72)63-60-57-54-51-48-44-24-21-18-15-12-9-6-3)64-73-67(70)61-58-55-52-49-46-43-23-20-17-14-11-8-5-2/h7,9-10,12,16,18-19,21,25-26,28-29,31-32,34-35,37-38,40-41,44-45,47-48,54,57,66H,4-6,8,11,13-15,17,20,22-24,27,30,33,36,39,42-43,46,49-53,55-56,58-65H2,1-3H3/b10-7-,12-9-,19-16-,21-18-,26-25-,29-28-,32-31-,35-34-,38-37-,41-40-,47-45-,48-44-,57-54-. The van der Waals surface area contributed by atoms with Crippen LogP contribution in [0.4, 0.5) is 0 Å². The van der Waals surface area contributed by atoms with E-state index in [1.165, 1.54) is 64.2 Å². The molecule has 0 saturated carbocycles. The van der Waals surface area contributed by atoms with Crippen LogP contribution in [0.5, 0.6) is 0 Å². The molecule has 0 aliphatic carbocycles. The number of esters is 3. The molecule has 1 atom stereocenters. The Hall–Kier alpha value is -4.97. The normalized spacial score (nSPS) is 13.3. The fraction of sp³-hybridized carbons (Fsp3) is 0.580. The average molecular weight is 1030 g/mol. The van der Waals surface area contributed by atoms with Crippen LogP contribution < -0.4 is 0 Å². The Morgan fingerprint density at radius 2 is 0.547 bits per heavy atom. The topological polar surface area (TPSA) is 78.9 Å². The quantitative estimate of drug-likeness (QED) is 0.0261. The molecule has 0 spiro atoms. The molecule has 75 heavy (non-hydrogen) atoms. The van der Waals surface area contributed by atoms with E-state index in [1.807, 2.05) is 12.2 Å². The molecular formula is C69H108O6. The summed E-state index contributed by atoms with van der Waals surface area (Å²) in [5, 5.41) is 0. The highest BCUT2D eigenvalue weighted by Crippen LogP contribution is 2.14. The van der Waals surface area contributed by atoms with Gasteiger partial charge in [0.25, 0.3) is 0 Å². The number of hydrogen-bond donors (Lipinski definition) is 0. The monoisotopic (exact) mass is 1030 g/mol. The summed E-state index contributed by atoms with van der Waals surface area (Å²) in [6.45, 7) is 6.30. The van der Waals surface area contributed by atoms with E-state index in [9.17, 15) is 14.4 Å². The van der Waals surface area contributed by atoms with Crippen molar-refractivity contribution in [3.05, 3.63) is 158 Å². The average Bonchev–Trinajstić information content (AvgIpc) is 3.41. The molecule has 0 aromatic carbocycles. The van der Waals surface area contributed by atoms with Crippen molar-refractivity contribution in [3.63, 3.8) is 0 Å². The highest BCUT2D eigenvalue weighted by molar-refractivity contribution is 5.71. The highest BCUT2D eigenvalue weighted by atomic mass is 16.6. The fourth-order valence-electron chi connectivity index (χ4n) is 7.62. The summed E-state index contributed by atoms with van der Waals surface area (Å²) in [7, 11) is 0. The SMILES string of the molecule is CC/C=C\C/C=C\C/C=C\C/C=C\C/C=C\C/C=C\C/C=C\C/C=C\C/C=C\CCCCCC(=O)OCC(COC(=O)CCCCCCCCCCCCCCC)OC(=O)CC/C=C\C/C=C\C/C=C\C/C=C\CC. The molecule has 6 heteroatoms. The number of carbonyl (C=O) groups is 3. The van der Waals surface area contributed by atoms with Crippen molar-refractivity contribution in [1.29, 1.82) is 0 Å². The van der Waals surface area contributed by atoms with Gasteiger partial charge < -0.3 is 14.2 Å². The van der Waals surface area contributed by atoms with Gasteiger partial charge in [0.15, 0.2) is 6.10 Å². The van der Waals surface area contributed by atoms with Crippen LogP contribution in [0.15, 0.2) is 158 Å². The van der Waals surface area contributed by atoms with Gasteiger partial charge in [0.1, 0.15) is 13.2 Å². The first-order valence-electron chi connectivity index (χ1n) is 30.0. The summed E-state index contributed by atoms with van der Waals surface area (Å²) in [6, 6.07) is 0. The molecule has 0 aliphatic heterocycles. The van der Waals surface area contributed by atoms with E-state index < -0.39 is 12.1 Å². The first-order valence-corrected chi connectivity index (χ1v) is 30.0.